The minimum atomic E-state index is -0.00118. The smallest absolute Gasteiger partial charge is 0.317 e. The number of nitrogens with one attached hydrogen (secondary N) is 1. The summed E-state index contributed by atoms with van der Waals surface area (Å²) >= 11 is 0. The molecular formula is C19H25N5O3. The van der Waals surface area contributed by atoms with E-state index >= 15 is 0 Å². The van der Waals surface area contributed by atoms with Gasteiger partial charge < -0.3 is 24.6 Å². The molecule has 0 radical (unpaired) electrons. The molecule has 2 amide bonds. The molecule has 2 aliphatic rings. The molecule has 2 aliphatic heterocycles. The number of carbonyl (C=O) groups is 1. The highest BCUT2D eigenvalue weighted by molar-refractivity contribution is 5.86. The lowest BCUT2D eigenvalue weighted by molar-refractivity contribution is 0.108. The molecule has 1 atom stereocenters. The Balaban J connectivity index is 1.36. The van der Waals surface area contributed by atoms with E-state index in [1.165, 1.54) is 6.33 Å². The van der Waals surface area contributed by atoms with Crippen LogP contribution in [0, 0.1) is 0 Å². The number of amides is 2. The zero-order valence-corrected chi connectivity index (χ0v) is 15.6. The molecule has 2 aromatic rings. The molecule has 0 aliphatic carbocycles. The van der Waals surface area contributed by atoms with Crippen molar-refractivity contribution in [2.24, 2.45) is 0 Å². The maximum Gasteiger partial charge on any atom is 0.317 e. The summed E-state index contributed by atoms with van der Waals surface area (Å²) in [5.41, 5.74) is 1.95. The fraction of sp³-hybridized carbons (Fsp3) is 0.526. The van der Waals surface area contributed by atoms with Gasteiger partial charge >= 0.3 is 6.03 Å². The molecule has 2 fully saturated rings. The topological polar surface area (TPSA) is 79.8 Å². The molecule has 0 bridgehead atoms. The van der Waals surface area contributed by atoms with Crippen LogP contribution in [-0.2, 0) is 4.74 Å². The van der Waals surface area contributed by atoms with E-state index in [9.17, 15) is 4.79 Å². The van der Waals surface area contributed by atoms with Crippen molar-refractivity contribution < 1.29 is 14.3 Å². The van der Waals surface area contributed by atoms with Crippen LogP contribution in [0.5, 0.6) is 5.88 Å². The highest BCUT2D eigenvalue weighted by atomic mass is 16.5. The van der Waals surface area contributed by atoms with E-state index in [1.54, 1.807) is 7.11 Å². The van der Waals surface area contributed by atoms with E-state index in [0.717, 1.165) is 49.1 Å². The van der Waals surface area contributed by atoms with Gasteiger partial charge in [-0.2, -0.15) is 0 Å². The molecule has 8 nitrogen and oxygen atoms in total. The maximum absolute atomic E-state index is 12.4. The van der Waals surface area contributed by atoms with Crippen molar-refractivity contribution in [3.8, 4) is 5.88 Å². The standard InChI is InChI=1S/C19H25N5O3/c1-26-18-16-11-14(4-5-17(16)21-13-22-18)23-6-8-24(9-7-23)19(25)20-12-15-3-2-10-27-15/h4-5,11,13,15H,2-3,6-10,12H2,1H3,(H,20,25). The molecule has 4 rings (SSSR count). The SMILES string of the molecule is COc1ncnc2ccc(N3CCN(C(=O)NCC4CCCO4)CC3)cc12. The van der Waals surface area contributed by atoms with Crippen LogP contribution < -0.4 is 15.0 Å². The first-order valence-electron chi connectivity index (χ1n) is 9.42. The van der Waals surface area contributed by atoms with Crippen LogP contribution in [0.1, 0.15) is 12.8 Å². The number of nitrogens with zero attached hydrogens (tertiary/aromatic N) is 4. The van der Waals surface area contributed by atoms with Crippen LogP contribution in [0.15, 0.2) is 24.5 Å². The largest absolute Gasteiger partial charge is 0.480 e. The van der Waals surface area contributed by atoms with E-state index in [1.807, 2.05) is 11.0 Å². The van der Waals surface area contributed by atoms with Gasteiger partial charge in [0.2, 0.25) is 5.88 Å². The van der Waals surface area contributed by atoms with Crippen molar-refractivity contribution in [3.05, 3.63) is 24.5 Å². The number of carbonyl (C=O) groups excluding carboxylic acids is 1. The van der Waals surface area contributed by atoms with Gasteiger partial charge in [-0.25, -0.2) is 14.8 Å². The molecule has 8 heteroatoms. The Morgan fingerprint density at radius 2 is 2.15 bits per heavy atom. The van der Waals surface area contributed by atoms with Gasteiger partial charge in [0.1, 0.15) is 6.33 Å². The highest BCUT2D eigenvalue weighted by Gasteiger charge is 2.23. The lowest BCUT2D eigenvalue weighted by atomic mass is 10.2. The molecule has 1 aromatic carbocycles. The number of urea groups is 1. The van der Waals surface area contributed by atoms with Crippen molar-refractivity contribution in [3.63, 3.8) is 0 Å². The number of fused-ring (bicyclic) bond motifs is 1. The van der Waals surface area contributed by atoms with Crippen molar-refractivity contribution >= 4 is 22.6 Å². The second-order valence-corrected chi connectivity index (χ2v) is 6.88. The van der Waals surface area contributed by atoms with Gasteiger partial charge in [0.25, 0.3) is 0 Å². The number of piperazine rings is 1. The Morgan fingerprint density at radius 3 is 2.89 bits per heavy atom. The van der Waals surface area contributed by atoms with Crippen molar-refractivity contribution in [1.29, 1.82) is 0 Å². The predicted molar refractivity (Wildman–Crippen MR) is 102 cm³/mol. The number of benzene rings is 1. The normalized spacial score (nSPS) is 20.1. The summed E-state index contributed by atoms with van der Waals surface area (Å²) in [5.74, 6) is 0.578. The maximum atomic E-state index is 12.4. The number of ether oxygens (including phenoxy) is 2. The van der Waals surface area contributed by atoms with Crippen LogP contribution in [0.3, 0.4) is 0 Å². The zero-order valence-electron chi connectivity index (χ0n) is 15.6. The second kappa shape index (κ2) is 7.96. The summed E-state index contributed by atoms with van der Waals surface area (Å²) in [7, 11) is 1.61. The van der Waals surface area contributed by atoms with Crippen LogP contribution in [-0.4, -0.2) is 73.4 Å². The molecule has 27 heavy (non-hydrogen) atoms. The average molecular weight is 371 g/mol. The lowest BCUT2D eigenvalue weighted by Crippen LogP contribution is -2.52. The van der Waals surface area contributed by atoms with Crippen LogP contribution >= 0.6 is 0 Å². The molecule has 3 heterocycles. The predicted octanol–water partition coefficient (Wildman–Crippen LogP) is 1.65. The van der Waals surface area contributed by atoms with E-state index < -0.39 is 0 Å². The number of anilines is 1. The molecular weight excluding hydrogens is 346 g/mol. The minimum Gasteiger partial charge on any atom is -0.480 e. The van der Waals surface area contributed by atoms with E-state index in [-0.39, 0.29) is 12.1 Å². The quantitative estimate of drug-likeness (QED) is 0.880. The van der Waals surface area contributed by atoms with Gasteiger partial charge in [0, 0.05) is 45.0 Å². The molecule has 1 aromatic heterocycles. The van der Waals surface area contributed by atoms with Crippen molar-refractivity contribution in [2.45, 2.75) is 18.9 Å². The van der Waals surface area contributed by atoms with Crippen molar-refractivity contribution in [2.75, 3.05) is 51.3 Å². The average Bonchev–Trinajstić information content (AvgIpc) is 3.25. The van der Waals surface area contributed by atoms with E-state index in [2.05, 4.69) is 32.3 Å². The monoisotopic (exact) mass is 371 g/mol. The van der Waals surface area contributed by atoms with Crippen LogP contribution in [0.2, 0.25) is 0 Å². The molecule has 144 valence electrons. The van der Waals surface area contributed by atoms with Crippen molar-refractivity contribution in [1.82, 2.24) is 20.2 Å². The third kappa shape index (κ3) is 3.90. The number of rotatable bonds is 4. The first kappa shape index (κ1) is 17.8. The molecule has 1 N–H and O–H groups in total. The fourth-order valence-electron chi connectivity index (χ4n) is 3.67. The van der Waals surface area contributed by atoms with Gasteiger partial charge in [-0.3, -0.25) is 0 Å². The Bertz CT molecular complexity index is 801. The summed E-state index contributed by atoms with van der Waals surface area (Å²) < 4.78 is 10.9. The Morgan fingerprint density at radius 1 is 1.30 bits per heavy atom. The third-order valence-electron chi connectivity index (χ3n) is 5.21. The summed E-state index contributed by atoms with van der Waals surface area (Å²) in [4.78, 5) is 25.0. The summed E-state index contributed by atoms with van der Waals surface area (Å²) in [6.45, 7) is 4.36. The van der Waals surface area contributed by atoms with Gasteiger partial charge in [-0.1, -0.05) is 0 Å². The Hall–Kier alpha value is -2.61. The molecule has 0 saturated carbocycles. The molecule has 1 unspecified atom stereocenters. The van der Waals surface area contributed by atoms with E-state index in [4.69, 9.17) is 9.47 Å². The van der Waals surface area contributed by atoms with Gasteiger partial charge in [-0.15, -0.1) is 0 Å². The first-order chi connectivity index (χ1) is 13.2. The summed E-state index contributed by atoms with van der Waals surface area (Å²) in [6.07, 6.45) is 3.80. The number of aromatic nitrogens is 2. The van der Waals surface area contributed by atoms with Crippen LogP contribution in [0.25, 0.3) is 10.9 Å². The Kier molecular flexibility index (Phi) is 5.24. The molecule has 0 spiro atoms. The Labute approximate surface area is 158 Å². The van der Waals surface area contributed by atoms with Crippen LogP contribution in [0.4, 0.5) is 10.5 Å². The summed E-state index contributed by atoms with van der Waals surface area (Å²) in [5, 5.41) is 3.90. The van der Waals surface area contributed by atoms with Gasteiger partial charge in [0.15, 0.2) is 0 Å². The third-order valence-corrected chi connectivity index (χ3v) is 5.21. The molecule has 2 saturated heterocycles. The zero-order chi connectivity index (χ0) is 18.6. The highest BCUT2D eigenvalue weighted by Crippen LogP contribution is 2.27. The fourth-order valence-corrected chi connectivity index (χ4v) is 3.67. The van der Waals surface area contributed by atoms with Gasteiger partial charge in [-0.05, 0) is 31.0 Å². The lowest BCUT2D eigenvalue weighted by Gasteiger charge is -2.36. The minimum absolute atomic E-state index is 0.00118. The number of hydrogen-bond donors (Lipinski definition) is 1. The number of hydrogen-bond acceptors (Lipinski definition) is 6. The van der Waals surface area contributed by atoms with E-state index in [0.29, 0.717) is 25.5 Å². The van der Waals surface area contributed by atoms with Gasteiger partial charge in [0.05, 0.1) is 24.1 Å². The number of methoxy groups -OCH3 is 1. The second-order valence-electron chi connectivity index (χ2n) is 6.88. The summed E-state index contributed by atoms with van der Waals surface area (Å²) in [6, 6.07) is 6.09. The first-order valence-corrected chi connectivity index (χ1v) is 9.42.